The van der Waals surface area contributed by atoms with Crippen molar-refractivity contribution in [2.24, 2.45) is 0 Å². The molecule has 0 saturated carbocycles. The smallest absolute Gasteiger partial charge is 0.265 e. The predicted molar refractivity (Wildman–Crippen MR) is 98.6 cm³/mol. The molecule has 1 N–H and O–H groups in total. The second-order valence-electron chi connectivity index (χ2n) is 5.79. The third kappa shape index (κ3) is 4.91. The Morgan fingerprint density at radius 2 is 1.60 bits per heavy atom. The van der Waals surface area contributed by atoms with Gasteiger partial charge in [-0.25, -0.2) is 0 Å². The van der Waals surface area contributed by atoms with E-state index in [1.165, 1.54) is 11.1 Å². The van der Waals surface area contributed by atoms with Gasteiger partial charge in [-0.1, -0.05) is 30.3 Å². The summed E-state index contributed by atoms with van der Waals surface area (Å²) in [7, 11) is 0. The number of pyridine rings is 1. The molecule has 0 saturated heterocycles. The third-order valence-corrected chi connectivity index (χ3v) is 3.80. The maximum absolute atomic E-state index is 12.2. The van der Waals surface area contributed by atoms with Gasteiger partial charge in [-0.15, -0.1) is 0 Å². The second kappa shape index (κ2) is 8.11. The molecule has 126 valence electrons. The topological polar surface area (TPSA) is 51.2 Å². The van der Waals surface area contributed by atoms with Gasteiger partial charge in [0.15, 0.2) is 6.10 Å². The first-order chi connectivity index (χ1) is 12.2. The van der Waals surface area contributed by atoms with Crippen molar-refractivity contribution in [2.45, 2.75) is 19.4 Å². The Balaban J connectivity index is 1.56. The minimum absolute atomic E-state index is 0.175. The molecule has 0 fully saturated rings. The summed E-state index contributed by atoms with van der Waals surface area (Å²) >= 11 is 0. The van der Waals surface area contributed by atoms with E-state index in [2.05, 4.69) is 10.3 Å². The fourth-order valence-electron chi connectivity index (χ4n) is 2.44. The highest BCUT2D eigenvalue weighted by atomic mass is 16.5. The highest BCUT2D eigenvalue weighted by Gasteiger charge is 2.14. The van der Waals surface area contributed by atoms with Crippen molar-refractivity contribution in [1.29, 1.82) is 0 Å². The van der Waals surface area contributed by atoms with Gasteiger partial charge in [0.2, 0.25) is 0 Å². The van der Waals surface area contributed by atoms with Gasteiger partial charge in [-0.05, 0) is 60.9 Å². The van der Waals surface area contributed by atoms with Crippen LogP contribution in [0.2, 0.25) is 0 Å². The molecule has 4 heteroatoms. The average Bonchev–Trinajstić information content (AvgIpc) is 2.65. The third-order valence-electron chi connectivity index (χ3n) is 3.80. The Morgan fingerprint density at radius 3 is 2.28 bits per heavy atom. The van der Waals surface area contributed by atoms with E-state index >= 15 is 0 Å². The highest BCUT2D eigenvalue weighted by molar-refractivity contribution is 5.94. The summed E-state index contributed by atoms with van der Waals surface area (Å²) in [6, 6.07) is 21.2. The molecule has 0 bridgehead atoms. The number of para-hydroxylation sites is 1. The summed E-state index contributed by atoms with van der Waals surface area (Å²) in [6.45, 7) is 1.74. The van der Waals surface area contributed by atoms with E-state index < -0.39 is 6.10 Å². The molecule has 4 nitrogen and oxygen atoms in total. The number of nitrogens with zero attached hydrogens (tertiary/aromatic N) is 1. The monoisotopic (exact) mass is 332 g/mol. The average molecular weight is 332 g/mol. The number of hydrogen-bond donors (Lipinski definition) is 1. The number of aromatic nitrogens is 1. The van der Waals surface area contributed by atoms with E-state index in [-0.39, 0.29) is 5.91 Å². The molecule has 0 spiro atoms. The van der Waals surface area contributed by atoms with Crippen molar-refractivity contribution >= 4 is 11.6 Å². The van der Waals surface area contributed by atoms with E-state index in [9.17, 15) is 4.79 Å². The van der Waals surface area contributed by atoms with Crippen LogP contribution in [0.4, 0.5) is 5.69 Å². The van der Waals surface area contributed by atoms with E-state index in [1.54, 1.807) is 19.3 Å². The normalized spacial score (nSPS) is 11.6. The van der Waals surface area contributed by atoms with Crippen LogP contribution in [-0.2, 0) is 11.2 Å². The number of amides is 1. The van der Waals surface area contributed by atoms with Gasteiger partial charge >= 0.3 is 0 Å². The zero-order valence-corrected chi connectivity index (χ0v) is 14.1. The minimum atomic E-state index is -0.570. The SMILES string of the molecule is CC(Oc1ccccc1)C(=O)Nc1ccc(Cc2ccncc2)cc1. The van der Waals surface area contributed by atoms with Crippen molar-refractivity contribution in [2.75, 3.05) is 5.32 Å². The zero-order chi connectivity index (χ0) is 17.5. The predicted octanol–water partition coefficient (Wildman–Crippen LogP) is 4.08. The summed E-state index contributed by atoms with van der Waals surface area (Å²) in [5, 5.41) is 2.88. The van der Waals surface area contributed by atoms with Gasteiger partial charge in [-0.3, -0.25) is 9.78 Å². The molecule has 1 unspecified atom stereocenters. The molecule has 25 heavy (non-hydrogen) atoms. The van der Waals surface area contributed by atoms with Crippen LogP contribution in [-0.4, -0.2) is 17.0 Å². The molecule has 0 aliphatic carbocycles. The zero-order valence-electron chi connectivity index (χ0n) is 14.1. The molecule has 0 aliphatic rings. The maximum Gasteiger partial charge on any atom is 0.265 e. The number of ether oxygens (including phenoxy) is 1. The molecular formula is C21H20N2O2. The number of nitrogens with one attached hydrogen (secondary N) is 1. The lowest BCUT2D eigenvalue weighted by Crippen LogP contribution is -2.30. The number of rotatable bonds is 6. The largest absolute Gasteiger partial charge is 0.481 e. The Bertz CT molecular complexity index is 802. The molecule has 1 amide bonds. The standard InChI is InChI=1S/C21H20N2O2/c1-16(25-20-5-3-2-4-6-20)21(24)23-19-9-7-17(8-10-19)15-18-11-13-22-14-12-18/h2-14,16H,15H2,1H3,(H,23,24). The van der Waals surface area contributed by atoms with Gasteiger partial charge in [0, 0.05) is 18.1 Å². The summed E-state index contributed by atoms with van der Waals surface area (Å²) in [6.07, 6.45) is 3.85. The molecule has 1 atom stereocenters. The van der Waals surface area contributed by atoms with Crippen LogP contribution in [0.5, 0.6) is 5.75 Å². The van der Waals surface area contributed by atoms with E-state index in [0.717, 1.165) is 12.1 Å². The van der Waals surface area contributed by atoms with Crippen molar-refractivity contribution in [3.63, 3.8) is 0 Å². The molecule has 3 rings (SSSR count). The van der Waals surface area contributed by atoms with Crippen LogP contribution >= 0.6 is 0 Å². The molecule has 1 aromatic heterocycles. The first kappa shape index (κ1) is 16.7. The molecule has 1 heterocycles. The first-order valence-corrected chi connectivity index (χ1v) is 8.21. The van der Waals surface area contributed by atoms with Gasteiger partial charge in [0.1, 0.15) is 5.75 Å². The Labute approximate surface area is 147 Å². The van der Waals surface area contributed by atoms with E-state index in [4.69, 9.17) is 4.74 Å². The van der Waals surface area contributed by atoms with E-state index in [1.807, 2.05) is 66.7 Å². The summed E-state index contributed by atoms with van der Waals surface area (Å²) < 4.78 is 5.63. The number of hydrogen-bond acceptors (Lipinski definition) is 3. The van der Waals surface area contributed by atoms with Gasteiger partial charge < -0.3 is 10.1 Å². The van der Waals surface area contributed by atoms with Crippen LogP contribution in [0.25, 0.3) is 0 Å². The first-order valence-electron chi connectivity index (χ1n) is 8.21. The molecule has 3 aromatic rings. The fourth-order valence-corrected chi connectivity index (χ4v) is 2.44. The van der Waals surface area contributed by atoms with Gasteiger partial charge in [0.25, 0.3) is 5.91 Å². The van der Waals surface area contributed by atoms with Crippen LogP contribution in [0, 0.1) is 0 Å². The molecule has 0 aliphatic heterocycles. The number of benzene rings is 2. The maximum atomic E-state index is 12.2. The van der Waals surface area contributed by atoms with Crippen molar-refractivity contribution < 1.29 is 9.53 Å². The lowest BCUT2D eigenvalue weighted by atomic mass is 10.1. The lowest BCUT2D eigenvalue weighted by molar-refractivity contribution is -0.122. The Hall–Kier alpha value is -3.14. The van der Waals surface area contributed by atoms with Crippen molar-refractivity contribution in [3.05, 3.63) is 90.3 Å². The number of carbonyl (C=O) groups is 1. The van der Waals surface area contributed by atoms with Crippen molar-refractivity contribution in [1.82, 2.24) is 4.98 Å². The lowest BCUT2D eigenvalue weighted by Gasteiger charge is -2.15. The van der Waals surface area contributed by atoms with Crippen LogP contribution in [0.3, 0.4) is 0 Å². The molecule has 2 aromatic carbocycles. The number of carbonyl (C=O) groups excluding carboxylic acids is 1. The number of anilines is 1. The Morgan fingerprint density at radius 1 is 0.960 bits per heavy atom. The molecule has 0 radical (unpaired) electrons. The minimum Gasteiger partial charge on any atom is -0.481 e. The second-order valence-corrected chi connectivity index (χ2v) is 5.79. The fraction of sp³-hybridized carbons (Fsp3) is 0.143. The van der Waals surface area contributed by atoms with Gasteiger partial charge in [-0.2, -0.15) is 0 Å². The quantitative estimate of drug-likeness (QED) is 0.740. The highest BCUT2D eigenvalue weighted by Crippen LogP contribution is 2.15. The van der Waals surface area contributed by atoms with Crippen LogP contribution in [0.1, 0.15) is 18.1 Å². The van der Waals surface area contributed by atoms with E-state index in [0.29, 0.717) is 5.75 Å². The summed E-state index contributed by atoms with van der Waals surface area (Å²) in [4.78, 5) is 16.3. The van der Waals surface area contributed by atoms with Crippen molar-refractivity contribution in [3.8, 4) is 5.75 Å². The molecular weight excluding hydrogens is 312 g/mol. The Kier molecular flexibility index (Phi) is 5.42. The summed E-state index contributed by atoms with van der Waals surface area (Å²) in [5.74, 6) is 0.503. The van der Waals surface area contributed by atoms with Crippen LogP contribution < -0.4 is 10.1 Å². The van der Waals surface area contributed by atoms with Crippen LogP contribution in [0.15, 0.2) is 79.1 Å². The van der Waals surface area contributed by atoms with Gasteiger partial charge in [0.05, 0.1) is 0 Å². The summed E-state index contributed by atoms with van der Waals surface area (Å²) in [5.41, 5.74) is 3.14.